The number of hydrogen-bond acceptors (Lipinski definition) is 6. The van der Waals surface area contributed by atoms with E-state index in [1.54, 1.807) is 37.1 Å². The van der Waals surface area contributed by atoms with E-state index < -0.39 is 10.9 Å². The first-order chi connectivity index (χ1) is 13.5. The highest BCUT2D eigenvalue weighted by Crippen LogP contribution is 2.39. The maximum absolute atomic E-state index is 11.9. The Morgan fingerprint density at radius 1 is 1.25 bits per heavy atom. The lowest BCUT2D eigenvalue weighted by Gasteiger charge is -2.24. The standard InChI is InChI=1S/C21H21N3O4/c1-3-28-21(25)13-15(2)23-20(17-11-7-8-12-19(17)24(26)27)14-18(22-23)16-9-5-4-6-10-16/h4-13,20H,3,14H2,1-2H3/b15-13-/t20-/m1/s1. The average Bonchev–Trinajstić information content (AvgIpc) is 3.14. The van der Waals surface area contributed by atoms with Gasteiger partial charge < -0.3 is 4.74 Å². The van der Waals surface area contributed by atoms with Crippen LogP contribution in [0.1, 0.15) is 37.4 Å². The van der Waals surface area contributed by atoms with Crippen molar-refractivity contribution in [3.05, 3.63) is 87.6 Å². The lowest BCUT2D eigenvalue weighted by Crippen LogP contribution is -2.19. The first-order valence-electron chi connectivity index (χ1n) is 9.01. The summed E-state index contributed by atoms with van der Waals surface area (Å²) in [6.07, 6.45) is 1.85. The smallest absolute Gasteiger partial charge is 0.332 e. The number of benzene rings is 2. The molecule has 0 fully saturated rings. The Kier molecular flexibility index (Phi) is 5.84. The molecule has 7 heteroatoms. The maximum Gasteiger partial charge on any atom is 0.332 e. The van der Waals surface area contributed by atoms with Crippen LogP contribution in [0, 0.1) is 10.1 Å². The Morgan fingerprint density at radius 2 is 1.93 bits per heavy atom. The molecule has 0 saturated carbocycles. The van der Waals surface area contributed by atoms with Crippen molar-refractivity contribution in [2.45, 2.75) is 26.3 Å². The monoisotopic (exact) mass is 379 g/mol. The lowest BCUT2D eigenvalue weighted by atomic mass is 9.97. The third-order valence-electron chi connectivity index (χ3n) is 4.48. The van der Waals surface area contributed by atoms with Gasteiger partial charge in [0, 0.05) is 24.3 Å². The van der Waals surface area contributed by atoms with Crippen LogP contribution in [0.15, 0.2) is 71.5 Å². The molecule has 2 aromatic rings. The van der Waals surface area contributed by atoms with Crippen molar-refractivity contribution < 1.29 is 14.5 Å². The van der Waals surface area contributed by atoms with E-state index in [4.69, 9.17) is 4.74 Å². The van der Waals surface area contributed by atoms with Gasteiger partial charge in [-0.05, 0) is 25.5 Å². The summed E-state index contributed by atoms with van der Waals surface area (Å²) in [5.41, 5.74) is 2.90. The van der Waals surface area contributed by atoms with E-state index in [-0.39, 0.29) is 18.3 Å². The molecule has 144 valence electrons. The van der Waals surface area contributed by atoms with E-state index in [2.05, 4.69) is 5.10 Å². The molecular weight excluding hydrogens is 358 g/mol. The summed E-state index contributed by atoms with van der Waals surface area (Å²) in [6.45, 7) is 3.75. The summed E-state index contributed by atoms with van der Waals surface area (Å²) in [5.74, 6) is -0.468. The highest BCUT2D eigenvalue weighted by Gasteiger charge is 2.34. The van der Waals surface area contributed by atoms with Crippen molar-refractivity contribution in [2.24, 2.45) is 5.10 Å². The van der Waals surface area contributed by atoms with Gasteiger partial charge in [-0.15, -0.1) is 0 Å². The van der Waals surface area contributed by atoms with E-state index in [0.29, 0.717) is 17.7 Å². The predicted octanol–water partition coefficient (Wildman–Crippen LogP) is 4.21. The zero-order chi connectivity index (χ0) is 20.1. The number of allylic oxidation sites excluding steroid dienone is 1. The number of carbonyl (C=O) groups is 1. The van der Waals surface area contributed by atoms with Crippen molar-refractivity contribution in [1.82, 2.24) is 5.01 Å². The van der Waals surface area contributed by atoms with Gasteiger partial charge in [0.15, 0.2) is 0 Å². The number of hydrogen-bond donors (Lipinski definition) is 0. The van der Waals surface area contributed by atoms with Gasteiger partial charge in [0.1, 0.15) is 0 Å². The minimum absolute atomic E-state index is 0.0333. The maximum atomic E-state index is 11.9. The van der Waals surface area contributed by atoms with E-state index in [1.165, 1.54) is 12.1 Å². The number of nitro benzene ring substituents is 1. The van der Waals surface area contributed by atoms with Gasteiger partial charge >= 0.3 is 5.97 Å². The number of para-hydroxylation sites is 1. The summed E-state index contributed by atoms with van der Waals surface area (Å²) < 4.78 is 4.99. The zero-order valence-electron chi connectivity index (χ0n) is 15.7. The van der Waals surface area contributed by atoms with Crippen LogP contribution in [0.25, 0.3) is 0 Å². The number of hydrazone groups is 1. The Balaban J connectivity index is 2.03. The van der Waals surface area contributed by atoms with Gasteiger partial charge in [-0.3, -0.25) is 15.1 Å². The summed E-state index contributed by atoms with van der Waals surface area (Å²) in [5, 5.41) is 17.9. The molecule has 0 unspecified atom stereocenters. The second-order valence-corrected chi connectivity index (χ2v) is 6.33. The fourth-order valence-electron chi connectivity index (χ4n) is 3.24. The Bertz CT molecular complexity index is 938. The topological polar surface area (TPSA) is 85.0 Å². The normalized spacial score (nSPS) is 16.6. The number of esters is 1. The van der Waals surface area contributed by atoms with Gasteiger partial charge in [0.05, 0.1) is 28.8 Å². The van der Waals surface area contributed by atoms with Crippen molar-refractivity contribution in [1.29, 1.82) is 0 Å². The molecule has 0 aliphatic carbocycles. The first-order valence-corrected chi connectivity index (χ1v) is 9.01. The predicted molar refractivity (Wildman–Crippen MR) is 106 cm³/mol. The second kappa shape index (κ2) is 8.47. The van der Waals surface area contributed by atoms with Crippen molar-refractivity contribution in [3.63, 3.8) is 0 Å². The molecule has 0 N–H and O–H groups in total. The van der Waals surface area contributed by atoms with Crippen LogP contribution in [-0.2, 0) is 9.53 Å². The first kappa shape index (κ1) is 19.3. The molecule has 1 aliphatic rings. The molecular formula is C21H21N3O4. The largest absolute Gasteiger partial charge is 0.463 e. The fraction of sp³-hybridized carbons (Fsp3) is 0.238. The van der Waals surface area contributed by atoms with E-state index >= 15 is 0 Å². The van der Waals surface area contributed by atoms with Crippen LogP contribution in [0.2, 0.25) is 0 Å². The van der Waals surface area contributed by atoms with Crippen molar-refractivity contribution in [3.8, 4) is 0 Å². The van der Waals surface area contributed by atoms with Crippen LogP contribution in [-0.4, -0.2) is 28.2 Å². The molecule has 3 rings (SSSR count). The van der Waals surface area contributed by atoms with Crippen molar-refractivity contribution in [2.75, 3.05) is 6.61 Å². The van der Waals surface area contributed by atoms with Gasteiger partial charge in [0.25, 0.3) is 5.69 Å². The molecule has 0 radical (unpaired) electrons. The number of nitrogens with zero attached hydrogens (tertiary/aromatic N) is 3. The minimum atomic E-state index is -0.468. The lowest BCUT2D eigenvalue weighted by molar-refractivity contribution is -0.385. The second-order valence-electron chi connectivity index (χ2n) is 6.33. The number of rotatable bonds is 6. The quantitative estimate of drug-likeness (QED) is 0.325. The third kappa shape index (κ3) is 4.09. The van der Waals surface area contributed by atoms with Gasteiger partial charge in [0.2, 0.25) is 0 Å². The van der Waals surface area contributed by atoms with Crippen LogP contribution in [0.4, 0.5) is 5.69 Å². The van der Waals surface area contributed by atoms with Crippen LogP contribution >= 0.6 is 0 Å². The molecule has 7 nitrogen and oxygen atoms in total. The summed E-state index contributed by atoms with van der Waals surface area (Å²) in [7, 11) is 0. The van der Waals surface area contributed by atoms with Crippen LogP contribution in [0.3, 0.4) is 0 Å². The molecule has 0 aromatic heterocycles. The van der Waals surface area contributed by atoms with E-state index in [1.807, 2.05) is 30.3 Å². The fourth-order valence-corrected chi connectivity index (χ4v) is 3.24. The SMILES string of the molecule is CCOC(=O)/C=C(/C)N1N=C(c2ccccc2)C[C@@H]1c1ccccc1[N+](=O)[O-]. The van der Waals surface area contributed by atoms with E-state index in [9.17, 15) is 14.9 Å². The number of nitro groups is 1. The average molecular weight is 379 g/mol. The molecule has 1 heterocycles. The number of ether oxygens (including phenoxy) is 1. The van der Waals surface area contributed by atoms with Crippen LogP contribution < -0.4 is 0 Å². The summed E-state index contributed by atoms with van der Waals surface area (Å²) in [4.78, 5) is 23.0. The number of carbonyl (C=O) groups excluding carboxylic acids is 1. The highest BCUT2D eigenvalue weighted by atomic mass is 16.6. The van der Waals surface area contributed by atoms with Crippen molar-refractivity contribution >= 4 is 17.4 Å². The molecule has 1 aliphatic heterocycles. The highest BCUT2D eigenvalue weighted by molar-refractivity contribution is 6.02. The van der Waals surface area contributed by atoms with Crippen LogP contribution in [0.5, 0.6) is 0 Å². The van der Waals surface area contributed by atoms with Gasteiger partial charge in [-0.25, -0.2) is 4.79 Å². The Morgan fingerprint density at radius 3 is 2.61 bits per heavy atom. The third-order valence-corrected chi connectivity index (χ3v) is 4.48. The van der Waals surface area contributed by atoms with Gasteiger partial charge in [-0.2, -0.15) is 5.10 Å². The molecule has 1 atom stereocenters. The molecule has 28 heavy (non-hydrogen) atoms. The minimum Gasteiger partial charge on any atom is -0.463 e. The molecule has 2 aromatic carbocycles. The summed E-state index contributed by atoms with van der Waals surface area (Å²) in [6, 6.07) is 15.9. The zero-order valence-corrected chi connectivity index (χ0v) is 15.7. The molecule has 0 amide bonds. The molecule has 0 saturated heterocycles. The van der Waals surface area contributed by atoms with E-state index in [0.717, 1.165) is 11.3 Å². The molecule has 0 bridgehead atoms. The summed E-state index contributed by atoms with van der Waals surface area (Å²) >= 11 is 0. The van der Waals surface area contributed by atoms with Gasteiger partial charge in [-0.1, -0.05) is 42.5 Å². The Hall–Kier alpha value is -3.48. The Labute approximate surface area is 163 Å². The molecule has 0 spiro atoms.